The minimum Gasteiger partial charge on any atom is -0.322 e. The third-order valence-corrected chi connectivity index (χ3v) is 6.04. The Morgan fingerprint density at radius 3 is 2.58 bits per heavy atom. The highest BCUT2D eigenvalue weighted by Gasteiger charge is 2.36. The molecule has 1 unspecified atom stereocenters. The van der Waals surface area contributed by atoms with E-state index in [4.69, 9.17) is 11.6 Å². The van der Waals surface area contributed by atoms with Crippen LogP contribution in [0.3, 0.4) is 0 Å². The average Bonchev–Trinajstić information content (AvgIpc) is 3.32. The molecule has 180 valence electrons. The Hall–Kier alpha value is -4.57. The van der Waals surface area contributed by atoms with Gasteiger partial charge in [-0.15, -0.1) is 0 Å². The topological polar surface area (TPSA) is 133 Å². The highest BCUT2D eigenvalue weighted by atomic mass is 35.5. The molecule has 1 atom stereocenters. The maximum absolute atomic E-state index is 13.5. The Labute approximate surface area is 210 Å². The molecule has 5 rings (SSSR count). The number of benzene rings is 1. The first-order valence-electron chi connectivity index (χ1n) is 11.1. The van der Waals surface area contributed by atoms with Crippen LogP contribution in [-0.4, -0.2) is 48.8 Å². The monoisotopic (exact) mass is 501 g/mol. The van der Waals surface area contributed by atoms with Crippen LogP contribution in [0.15, 0.2) is 73.2 Å². The van der Waals surface area contributed by atoms with Gasteiger partial charge in [-0.2, -0.15) is 5.10 Å². The van der Waals surface area contributed by atoms with E-state index in [1.807, 2.05) is 6.07 Å². The van der Waals surface area contributed by atoms with Crippen molar-refractivity contribution >= 4 is 41.0 Å². The molecule has 3 amide bonds. The summed E-state index contributed by atoms with van der Waals surface area (Å²) in [7, 11) is 0. The molecule has 0 bridgehead atoms. The Morgan fingerprint density at radius 2 is 1.86 bits per heavy atom. The molecule has 0 radical (unpaired) electrons. The number of nitrogens with one attached hydrogen (secondary N) is 3. The average molecular weight is 502 g/mol. The number of rotatable bonds is 6. The van der Waals surface area contributed by atoms with Crippen LogP contribution in [0.4, 0.5) is 11.6 Å². The normalized spacial score (nSPS) is 15.1. The quantitative estimate of drug-likeness (QED) is 0.371. The Morgan fingerprint density at radius 1 is 1.06 bits per heavy atom. The van der Waals surface area contributed by atoms with E-state index in [1.54, 1.807) is 60.9 Å². The van der Waals surface area contributed by atoms with Crippen molar-refractivity contribution in [3.8, 4) is 0 Å². The lowest BCUT2D eigenvalue weighted by Crippen LogP contribution is -2.46. The maximum Gasteiger partial charge on any atom is 0.260 e. The molecule has 0 fully saturated rings. The third kappa shape index (κ3) is 4.80. The Kier molecular flexibility index (Phi) is 6.42. The lowest BCUT2D eigenvalue weighted by molar-refractivity contribution is -0.120. The molecule has 3 aromatic heterocycles. The molecule has 4 heterocycles. The van der Waals surface area contributed by atoms with E-state index in [1.165, 1.54) is 11.1 Å². The minimum atomic E-state index is -0.834. The van der Waals surface area contributed by atoms with E-state index in [0.717, 1.165) is 0 Å². The molecule has 10 nitrogen and oxygen atoms in total. The number of carbonyl (C=O) groups is 3. The molecule has 1 aliphatic rings. The first kappa shape index (κ1) is 23.2. The summed E-state index contributed by atoms with van der Waals surface area (Å²) in [5, 5.41) is 12.2. The van der Waals surface area contributed by atoms with Crippen LogP contribution in [0.1, 0.15) is 32.0 Å². The molecule has 4 aromatic rings. The van der Waals surface area contributed by atoms with Gasteiger partial charge in [0.05, 0.1) is 16.8 Å². The number of hydrogen-bond donors (Lipinski definition) is 3. The van der Waals surface area contributed by atoms with Gasteiger partial charge in [0.2, 0.25) is 5.91 Å². The lowest BCUT2D eigenvalue weighted by atomic mass is 10.1. The van der Waals surface area contributed by atoms with Crippen molar-refractivity contribution in [2.75, 3.05) is 10.6 Å². The standard InChI is InChI=1S/C25H20ClN7O3/c26-19-11-15(7-8-17(19)23(34)30-21-6-2-4-10-28-21)14-33-20(12-16-5-1-3-9-27-16)24(35)31-22-18(25(33)36)13-29-32-22/h1-11,13,20H,12,14H2,(H,28,30,34)(H2,29,31,32,35). The predicted molar refractivity (Wildman–Crippen MR) is 132 cm³/mol. The van der Waals surface area contributed by atoms with E-state index in [-0.39, 0.29) is 46.7 Å². The number of H-pyrrole nitrogens is 1. The van der Waals surface area contributed by atoms with Gasteiger partial charge < -0.3 is 15.5 Å². The largest absolute Gasteiger partial charge is 0.322 e. The number of anilines is 2. The fraction of sp³-hybridized carbons (Fsp3) is 0.120. The number of aromatic nitrogens is 4. The summed E-state index contributed by atoms with van der Waals surface area (Å²) in [6, 6.07) is 14.6. The second-order valence-electron chi connectivity index (χ2n) is 8.11. The summed E-state index contributed by atoms with van der Waals surface area (Å²) >= 11 is 6.45. The van der Waals surface area contributed by atoms with Crippen LogP contribution >= 0.6 is 11.6 Å². The number of pyridine rings is 2. The van der Waals surface area contributed by atoms with Crippen molar-refractivity contribution in [1.82, 2.24) is 25.1 Å². The minimum absolute atomic E-state index is 0.0796. The molecule has 3 N–H and O–H groups in total. The fourth-order valence-corrected chi connectivity index (χ4v) is 4.24. The van der Waals surface area contributed by atoms with Gasteiger partial charge in [-0.3, -0.25) is 24.5 Å². The summed E-state index contributed by atoms with van der Waals surface area (Å²) in [5.74, 6) is -0.498. The van der Waals surface area contributed by atoms with Crippen LogP contribution in [0, 0.1) is 0 Å². The molecular formula is C25H20ClN7O3. The molecule has 11 heteroatoms. The van der Waals surface area contributed by atoms with Gasteiger partial charge in [-0.1, -0.05) is 29.8 Å². The van der Waals surface area contributed by atoms with Crippen molar-refractivity contribution in [1.29, 1.82) is 0 Å². The number of amides is 3. The fourth-order valence-electron chi connectivity index (χ4n) is 3.95. The van der Waals surface area contributed by atoms with Gasteiger partial charge >= 0.3 is 0 Å². The Bertz CT molecular complexity index is 1430. The van der Waals surface area contributed by atoms with E-state index in [9.17, 15) is 14.4 Å². The third-order valence-electron chi connectivity index (χ3n) is 5.72. The van der Waals surface area contributed by atoms with Gasteiger partial charge in [-0.25, -0.2) is 4.98 Å². The zero-order valence-corrected chi connectivity index (χ0v) is 19.6. The number of nitrogens with zero attached hydrogens (tertiary/aromatic N) is 4. The van der Waals surface area contributed by atoms with Crippen molar-refractivity contribution in [2.45, 2.75) is 19.0 Å². The van der Waals surface area contributed by atoms with E-state index >= 15 is 0 Å². The number of hydrogen-bond acceptors (Lipinski definition) is 6. The SMILES string of the molecule is O=C(Nc1ccccn1)c1ccc(CN2C(=O)c3cn[nH]c3NC(=O)C2Cc2ccccn2)cc1Cl. The van der Waals surface area contributed by atoms with Crippen LogP contribution in [0.2, 0.25) is 5.02 Å². The van der Waals surface area contributed by atoms with E-state index < -0.39 is 11.9 Å². The first-order chi connectivity index (χ1) is 17.5. The van der Waals surface area contributed by atoms with Crippen molar-refractivity contribution in [3.63, 3.8) is 0 Å². The van der Waals surface area contributed by atoms with Crippen LogP contribution < -0.4 is 10.6 Å². The van der Waals surface area contributed by atoms with Crippen LogP contribution in [-0.2, 0) is 17.8 Å². The van der Waals surface area contributed by atoms with Crippen molar-refractivity contribution in [3.05, 3.63) is 101 Å². The van der Waals surface area contributed by atoms with E-state index in [0.29, 0.717) is 17.1 Å². The molecule has 0 aliphatic carbocycles. The van der Waals surface area contributed by atoms with Gasteiger partial charge in [-0.05, 0) is 42.0 Å². The van der Waals surface area contributed by atoms with E-state index in [2.05, 4.69) is 30.8 Å². The second-order valence-corrected chi connectivity index (χ2v) is 8.51. The number of carbonyl (C=O) groups excluding carboxylic acids is 3. The molecule has 0 saturated carbocycles. The van der Waals surface area contributed by atoms with Crippen molar-refractivity contribution < 1.29 is 14.4 Å². The lowest BCUT2D eigenvalue weighted by Gasteiger charge is -2.28. The first-order valence-corrected chi connectivity index (χ1v) is 11.4. The highest BCUT2D eigenvalue weighted by Crippen LogP contribution is 2.26. The van der Waals surface area contributed by atoms with Crippen molar-refractivity contribution in [2.24, 2.45) is 0 Å². The molecule has 1 aromatic carbocycles. The highest BCUT2D eigenvalue weighted by molar-refractivity contribution is 6.34. The molecular weight excluding hydrogens is 482 g/mol. The summed E-state index contributed by atoms with van der Waals surface area (Å²) < 4.78 is 0. The zero-order valence-electron chi connectivity index (χ0n) is 18.8. The summed E-state index contributed by atoms with van der Waals surface area (Å²) in [4.78, 5) is 49.1. The molecule has 36 heavy (non-hydrogen) atoms. The maximum atomic E-state index is 13.5. The summed E-state index contributed by atoms with van der Waals surface area (Å²) in [6.07, 6.45) is 4.80. The number of halogens is 1. The summed E-state index contributed by atoms with van der Waals surface area (Å²) in [6.45, 7) is 0.0796. The Balaban J connectivity index is 1.42. The molecule has 1 aliphatic heterocycles. The summed E-state index contributed by atoms with van der Waals surface area (Å²) in [5.41, 5.74) is 1.82. The van der Waals surface area contributed by atoms with Gasteiger partial charge in [0.25, 0.3) is 11.8 Å². The van der Waals surface area contributed by atoms with Crippen LogP contribution in [0.25, 0.3) is 0 Å². The zero-order chi connectivity index (χ0) is 25.1. The van der Waals surface area contributed by atoms with Gasteiger partial charge in [0, 0.05) is 31.1 Å². The smallest absolute Gasteiger partial charge is 0.260 e. The van der Waals surface area contributed by atoms with Crippen LogP contribution in [0.5, 0.6) is 0 Å². The molecule has 0 saturated heterocycles. The van der Waals surface area contributed by atoms with Gasteiger partial charge in [0.15, 0.2) is 0 Å². The number of aromatic amines is 1. The predicted octanol–water partition coefficient (Wildman–Crippen LogP) is 3.31. The molecule has 0 spiro atoms. The second kappa shape index (κ2) is 9.96. The number of fused-ring (bicyclic) bond motifs is 1. The van der Waals surface area contributed by atoms with Gasteiger partial charge in [0.1, 0.15) is 23.2 Å².